The van der Waals surface area contributed by atoms with Crippen LogP contribution in [0.4, 0.5) is 34.4 Å². The number of fused-ring (bicyclic) bond motifs is 4. The van der Waals surface area contributed by atoms with E-state index in [4.69, 9.17) is 43.5 Å². The molecule has 0 aliphatic rings. The van der Waals surface area contributed by atoms with Gasteiger partial charge in [-0.15, -0.1) is 24.8 Å². The summed E-state index contributed by atoms with van der Waals surface area (Å²) in [6.07, 6.45) is 0. The number of nitrogens with zero attached hydrogens (tertiary/aromatic N) is 9. The van der Waals surface area contributed by atoms with E-state index in [1.54, 1.807) is 50.6 Å². The van der Waals surface area contributed by atoms with Crippen LogP contribution in [0.5, 0.6) is 23.0 Å². The van der Waals surface area contributed by atoms with Crippen LogP contribution in [-0.2, 0) is 0 Å². The number of methoxy groups -OCH3 is 2. The van der Waals surface area contributed by atoms with Crippen LogP contribution in [0.1, 0.15) is 23.3 Å². The van der Waals surface area contributed by atoms with Crippen molar-refractivity contribution >= 4 is 126 Å². The lowest BCUT2D eigenvalue weighted by atomic mass is 10.2. The molecule has 0 bridgehead atoms. The molecule has 4 aromatic heterocycles. The van der Waals surface area contributed by atoms with E-state index in [-0.39, 0.29) is 30.6 Å². The SMILES string of the molecule is CNc1ccc(O)cc1.COc1ccc(N)cc1.COc1ccc(Nc2nc(C)nc3ccccc23)cc1.Cc1nc(Cl)c2ccccc2n1.Cc1nc(Cl)c2ccccc2n1.Cc1nc(N(C)c2ccc(O)cc2)c2ccccc2n1.Cl.Cl. The Balaban J connectivity index is 0.000000189. The Hall–Kier alpha value is -9.32. The van der Waals surface area contributed by atoms with E-state index in [9.17, 15) is 5.11 Å². The fourth-order valence-corrected chi connectivity index (χ4v) is 8.42. The quantitative estimate of drug-likeness (QED) is 0.0570. The lowest BCUT2D eigenvalue weighted by molar-refractivity contribution is 0.415. The number of ether oxygens (including phenoxy) is 2. The minimum atomic E-state index is 0. The first kappa shape index (κ1) is 65.5. The largest absolute Gasteiger partial charge is 0.508 e. The number of aromatic hydroxyl groups is 2. The van der Waals surface area contributed by atoms with Crippen molar-refractivity contribution in [3.05, 3.63) is 228 Å². The lowest BCUT2D eigenvalue weighted by Crippen LogP contribution is -2.12. The van der Waals surface area contributed by atoms with Crippen LogP contribution in [0, 0.1) is 27.7 Å². The molecule has 16 nitrogen and oxygen atoms in total. The van der Waals surface area contributed by atoms with E-state index in [1.807, 2.05) is 204 Å². The van der Waals surface area contributed by atoms with Gasteiger partial charge in [-0.05, 0) is 173 Å². The summed E-state index contributed by atoms with van der Waals surface area (Å²) in [6, 6.07) is 60.3. The number of nitrogens with one attached hydrogen (secondary N) is 2. The van der Waals surface area contributed by atoms with Crippen molar-refractivity contribution in [1.82, 2.24) is 39.9 Å². The van der Waals surface area contributed by atoms with E-state index in [2.05, 4.69) is 50.5 Å². The van der Waals surface area contributed by atoms with Gasteiger partial charge in [-0.2, -0.15) is 0 Å². The monoisotopic (exact) mass is 1200 g/mol. The molecule has 8 aromatic carbocycles. The third-order valence-electron chi connectivity index (χ3n) is 11.9. The summed E-state index contributed by atoms with van der Waals surface area (Å²) in [5.74, 6) is 6.81. The number of rotatable bonds is 7. The van der Waals surface area contributed by atoms with Gasteiger partial charge in [0.25, 0.3) is 0 Å². The molecule has 0 saturated heterocycles. The summed E-state index contributed by atoms with van der Waals surface area (Å²) in [6.45, 7) is 7.45. The molecule has 0 amide bonds. The molecular formula is C64H64Cl4N12O4. The number of nitrogens with two attached hydrogens (primary N) is 1. The number of aromatic nitrogens is 8. The number of hydrogen-bond acceptors (Lipinski definition) is 16. The summed E-state index contributed by atoms with van der Waals surface area (Å²) in [7, 11) is 7.09. The molecule has 0 atom stereocenters. The van der Waals surface area contributed by atoms with Crippen molar-refractivity contribution < 1.29 is 19.7 Å². The van der Waals surface area contributed by atoms with E-state index in [1.165, 1.54) is 0 Å². The Labute approximate surface area is 510 Å². The average molecular weight is 1210 g/mol. The second kappa shape index (κ2) is 32.4. The molecule has 0 spiro atoms. The summed E-state index contributed by atoms with van der Waals surface area (Å²) in [4.78, 5) is 36.5. The Morgan fingerprint density at radius 2 is 0.786 bits per heavy atom. The van der Waals surface area contributed by atoms with Gasteiger partial charge in [0, 0.05) is 58.4 Å². The number of nitrogen functional groups attached to an aromatic ring is 1. The van der Waals surface area contributed by atoms with Crippen LogP contribution in [0.3, 0.4) is 0 Å². The fraction of sp³-hybridized carbons (Fsp3) is 0.125. The maximum Gasteiger partial charge on any atom is 0.144 e. The fourth-order valence-electron chi connectivity index (χ4n) is 7.85. The average Bonchev–Trinajstić information content (AvgIpc) is 2.75. The third kappa shape index (κ3) is 18.9. The first-order valence-electron chi connectivity index (χ1n) is 25.7. The predicted octanol–water partition coefficient (Wildman–Crippen LogP) is 15.8. The molecule has 0 aliphatic carbocycles. The van der Waals surface area contributed by atoms with Crippen molar-refractivity contribution in [3.63, 3.8) is 0 Å². The van der Waals surface area contributed by atoms with E-state index in [0.717, 1.165) is 101 Å². The minimum absolute atomic E-state index is 0. The highest BCUT2D eigenvalue weighted by Gasteiger charge is 2.12. The molecule has 20 heteroatoms. The van der Waals surface area contributed by atoms with E-state index >= 15 is 0 Å². The molecule has 6 N–H and O–H groups in total. The number of para-hydroxylation sites is 4. The van der Waals surface area contributed by atoms with Crippen LogP contribution in [0.15, 0.2) is 194 Å². The molecular weight excluding hydrogens is 1140 g/mol. The molecule has 84 heavy (non-hydrogen) atoms. The van der Waals surface area contributed by atoms with Crippen molar-refractivity contribution in [2.24, 2.45) is 0 Å². The molecule has 0 fully saturated rings. The van der Waals surface area contributed by atoms with Crippen molar-refractivity contribution in [3.8, 4) is 23.0 Å². The normalized spacial score (nSPS) is 9.98. The number of phenolic OH excluding ortho intramolecular Hbond substituents is 2. The smallest absolute Gasteiger partial charge is 0.144 e. The zero-order chi connectivity index (χ0) is 58.5. The highest BCUT2D eigenvalue weighted by Crippen LogP contribution is 2.30. The van der Waals surface area contributed by atoms with Gasteiger partial charge in [-0.3, -0.25) is 0 Å². The van der Waals surface area contributed by atoms with Crippen LogP contribution >= 0.6 is 48.0 Å². The van der Waals surface area contributed by atoms with Crippen molar-refractivity contribution in [2.45, 2.75) is 27.7 Å². The molecule has 0 saturated carbocycles. The number of aryl methyl sites for hydroxylation is 4. The van der Waals surface area contributed by atoms with Gasteiger partial charge in [0.15, 0.2) is 0 Å². The van der Waals surface area contributed by atoms with Gasteiger partial charge in [0.1, 0.15) is 68.2 Å². The number of phenols is 2. The topological polar surface area (TPSA) is 215 Å². The summed E-state index contributed by atoms with van der Waals surface area (Å²) >= 11 is 11.8. The van der Waals surface area contributed by atoms with E-state index < -0.39 is 0 Å². The number of hydrogen-bond donors (Lipinski definition) is 5. The van der Waals surface area contributed by atoms with Gasteiger partial charge in [0.2, 0.25) is 0 Å². The first-order valence-corrected chi connectivity index (χ1v) is 26.4. The first-order chi connectivity index (χ1) is 39.6. The summed E-state index contributed by atoms with van der Waals surface area (Å²) < 4.78 is 10.1. The van der Waals surface area contributed by atoms with Crippen LogP contribution in [0.2, 0.25) is 10.3 Å². The second-order valence-corrected chi connectivity index (χ2v) is 18.6. The Bertz CT molecular complexity index is 3870. The van der Waals surface area contributed by atoms with Gasteiger partial charge in [-0.25, -0.2) is 39.9 Å². The van der Waals surface area contributed by atoms with Gasteiger partial charge in [-0.1, -0.05) is 71.7 Å². The van der Waals surface area contributed by atoms with Crippen LogP contribution in [-0.4, -0.2) is 78.4 Å². The van der Waals surface area contributed by atoms with Gasteiger partial charge < -0.3 is 41.0 Å². The molecule has 12 aromatic rings. The van der Waals surface area contributed by atoms with Crippen molar-refractivity contribution in [1.29, 1.82) is 0 Å². The maximum atomic E-state index is 9.38. The van der Waals surface area contributed by atoms with Crippen molar-refractivity contribution in [2.75, 3.05) is 49.6 Å². The summed E-state index contributed by atoms with van der Waals surface area (Å²) in [5, 5.41) is 29.4. The summed E-state index contributed by atoms with van der Waals surface area (Å²) in [5.41, 5.74) is 12.8. The van der Waals surface area contributed by atoms with Gasteiger partial charge in [0.05, 0.1) is 36.3 Å². The molecule has 0 radical (unpaired) electrons. The number of anilines is 6. The molecule has 0 aliphatic heterocycles. The molecule has 12 rings (SSSR count). The predicted molar refractivity (Wildman–Crippen MR) is 349 cm³/mol. The van der Waals surface area contributed by atoms with Crippen LogP contribution in [0.25, 0.3) is 43.6 Å². The second-order valence-electron chi connectivity index (χ2n) is 17.9. The maximum absolute atomic E-state index is 9.38. The highest BCUT2D eigenvalue weighted by atomic mass is 35.5. The highest BCUT2D eigenvalue weighted by molar-refractivity contribution is 6.34. The molecule has 432 valence electrons. The zero-order valence-corrected chi connectivity index (χ0v) is 50.5. The Morgan fingerprint density at radius 1 is 0.429 bits per heavy atom. The minimum Gasteiger partial charge on any atom is -0.508 e. The molecule has 4 heterocycles. The Morgan fingerprint density at radius 3 is 1.24 bits per heavy atom. The number of halogens is 4. The third-order valence-corrected chi connectivity index (χ3v) is 12.5. The number of benzene rings is 8. The standard InChI is InChI=1S/2C16H15N3O.2C9H7ClN2.2C7H9NO.2ClH/c1-11-17-15-6-4-3-5-14(15)16(18-11)19-12-7-9-13(20-2)10-8-12;1-11-17-15-6-4-3-5-14(15)16(18-11)19(2)12-7-9-13(20)10-8-12;2*1-6-11-8-5-3-2-4-7(8)9(10)12-6;1-9-7-4-2-6(8)3-5-7;1-8-6-2-4-7(9)5-3-6;;/h3-10H,1-2H3,(H,17,18,19);3-10,20H,1-2H3;2*2-5H,1H3;2-5H,8H2,1H3;2-5,8-9H,1H3;2*1H. The van der Waals surface area contributed by atoms with Crippen LogP contribution < -0.4 is 30.7 Å². The Kier molecular flexibility index (Phi) is 25.2. The lowest BCUT2D eigenvalue weighted by Gasteiger charge is -2.20. The van der Waals surface area contributed by atoms with Gasteiger partial charge >= 0.3 is 0 Å². The van der Waals surface area contributed by atoms with E-state index in [0.29, 0.717) is 27.7 Å². The zero-order valence-electron chi connectivity index (χ0n) is 47.4. The molecule has 0 unspecified atom stereocenters.